The summed E-state index contributed by atoms with van der Waals surface area (Å²) < 4.78 is 16.7. The van der Waals surface area contributed by atoms with Gasteiger partial charge in [0.25, 0.3) is 0 Å². The molecule has 0 aromatic carbocycles. The fourth-order valence-corrected chi connectivity index (χ4v) is 7.81. The molecule has 0 unspecified atom stereocenters. The van der Waals surface area contributed by atoms with Crippen LogP contribution in [0.2, 0.25) is 0 Å². The van der Waals surface area contributed by atoms with E-state index in [4.69, 9.17) is 14.2 Å². The largest absolute Gasteiger partial charge is 0.462 e. The summed E-state index contributed by atoms with van der Waals surface area (Å²) in [6, 6.07) is 0. The van der Waals surface area contributed by atoms with Crippen molar-refractivity contribution in [2.75, 3.05) is 13.2 Å². The van der Waals surface area contributed by atoms with Crippen molar-refractivity contribution < 1.29 is 28.6 Å². The molecule has 0 aliphatic heterocycles. The highest BCUT2D eigenvalue weighted by molar-refractivity contribution is 5.71. The SMILES string of the molecule is CCCCCCCC(=O)O[C@@H](COC(=O)CCCCCCCCCCCCCCCCCCCCC(C)C)COC(=O)CCCCCCCCCCCCCC(C)C. The van der Waals surface area contributed by atoms with Crippen molar-refractivity contribution in [2.24, 2.45) is 11.8 Å². The number of carbonyl (C=O) groups excluding carboxylic acids is 3. The molecule has 0 fully saturated rings. The predicted octanol–water partition coefficient (Wildman–Crippen LogP) is 16.5. The summed E-state index contributed by atoms with van der Waals surface area (Å²) in [4.78, 5) is 37.6. The van der Waals surface area contributed by atoms with Crippen LogP contribution in [0.25, 0.3) is 0 Å². The summed E-state index contributed by atoms with van der Waals surface area (Å²) in [6.45, 7) is 11.3. The Labute approximate surface area is 361 Å². The molecule has 6 heteroatoms. The van der Waals surface area contributed by atoms with Crippen molar-refractivity contribution in [3.05, 3.63) is 0 Å². The molecule has 0 amide bonds. The second-order valence-corrected chi connectivity index (χ2v) is 18.8. The maximum atomic E-state index is 12.6. The minimum atomic E-state index is -0.759. The Morgan fingerprint density at radius 1 is 0.328 bits per heavy atom. The molecule has 344 valence electrons. The topological polar surface area (TPSA) is 78.9 Å². The molecule has 0 aromatic rings. The Morgan fingerprint density at radius 2 is 0.569 bits per heavy atom. The van der Waals surface area contributed by atoms with Gasteiger partial charge in [0.2, 0.25) is 0 Å². The second kappa shape index (κ2) is 44.9. The number of unbranched alkanes of at least 4 members (excludes halogenated alkanes) is 31. The molecule has 0 saturated carbocycles. The zero-order chi connectivity index (χ0) is 42.6. The van der Waals surface area contributed by atoms with Crippen LogP contribution in [0.4, 0.5) is 0 Å². The fourth-order valence-electron chi connectivity index (χ4n) is 7.81. The zero-order valence-corrected chi connectivity index (χ0v) is 39.7. The van der Waals surface area contributed by atoms with Gasteiger partial charge in [-0.05, 0) is 31.1 Å². The first-order valence-electron chi connectivity index (χ1n) is 25.7. The molecule has 0 N–H and O–H groups in total. The molecular weight excluding hydrogens is 721 g/mol. The maximum Gasteiger partial charge on any atom is 0.306 e. The molecule has 0 radical (unpaired) electrons. The summed E-state index contributed by atoms with van der Waals surface area (Å²) in [6.07, 6.45) is 45.6. The Morgan fingerprint density at radius 3 is 0.845 bits per heavy atom. The molecule has 0 saturated heterocycles. The van der Waals surface area contributed by atoms with Crippen LogP contribution in [-0.2, 0) is 28.6 Å². The Hall–Kier alpha value is -1.59. The van der Waals surface area contributed by atoms with E-state index in [9.17, 15) is 14.4 Å². The third-order valence-corrected chi connectivity index (χ3v) is 11.7. The molecular formula is C52H100O6. The number of rotatable bonds is 46. The van der Waals surface area contributed by atoms with E-state index in [0.29, 0.717) is 19.3 Å². The van der Waals surface area contributed by atoms with E-state index >= 15 is 0 Å². The van der Waals surface area contributed by atoms with E-state index in [1.807, 2.05) is 0 Å². The number of carbonyl (C=O) groups is 3. The predicted molar refractivity (Wildman–Crippen MR) is 247 cm³/mol. The van der Waals surface area contributed by atoms with Crippen molar-refractivity contribution in [1.82, 2.24) is 0 Å². The van der Waals surface area contributed by atoms with Gasteiger partial charge >= 0.3 is 17.9 Å². The van der Waals surface area contributed by atoms with Gasteiger partial charge in [0, 0.05) is 19.3 Å². The van der Waals surface area contributed by atoms with Crippen LogP contribution >= 0.6 is 0 Å². The van der Waals surface area contributed by atoms with Gasteiger partial charge in [0.1, 0.15) is 13.2 Å². The normalized spacial score (nSPS) is 12.1. The lowest BCUT2D eigenvalue weighted by atomic mass is 10.0. The molecule has 58 heavy (non-hydrogen) atoms. The Balaban J connectivity index is 4.02. The van der Waals surface area contributed by atoms with Crippen LogP contribution in [-0.4, -0.2) is 37.2 Å². The number of esters is 3. The van der Waals surface area contributed by atoms with Crippen LogP contribution in [0.3, 0.4) is 0 Å². The van der Waals surface area contributed by atoms with Crippen LogP contribution in [0.15, 0.2) is 0 Å². The fraction of sp³-hybridized carbons (Fsp3) is 0.942. The second-order valence-electron chi connectivity index (χ2n) is 18.8. The molecule has 0 aliphatic carbocycles. The maximum absolute atomic E-state index is 12.6. The third kappa shape index (κ3) is 45.5. The smallest absolute Gasteiger partial charge is 0.306 e. The van der Waals surface area contributed by atoms with Crippen LogP contribution in [0.1, 0.15) is 285 Å². The Bertz CT molecular complexity index is 885. The molecule has 0 rings (SSSR count). The third-order valence-electron chi connectivity index (χ3n) is 11.7. The van der Waals surface area contributed by atoms with E-state index in [1.165, 1.54) is 167 Å². The van der Waals surface area contributed by atoms with E-state index < -0.39 is 6.10 Å². The molecule has 0 bridgehead atoms. The molecule has 0 aliphatic rings. The molecule has 0 spiro atoms. The van der Waals surface area contributed by atoms with E-state index in [1.54, 1.807) is 0 Å². The van der Waals surface area contributed by atoms with Gasteiger partial charge in [-0.3, -0.25) is 14.4 Å². The van der Waals surface area contributed by atoms with E-state index in [-0.39, 0.29) is 31.1 Å². The highest BCUT2D eigenvalue weighted by Crippen LogP contribution is 2.17. The van der Waals surface area contributed by atoms with Gasteiger partial charge < -0.3 is 14.2 Å². The first-order chi connectivity index (χ1) is 28.2. The van der Waals surface area contributed by atoms with Crippen LogP contribution in [0.5, 0.6) is 0 Å². The summed E-state index contributed by atoms with van der Waals surface area (Å²) in [7, 11) is 0. The number of hydrogen-bond acceptors (Lipinski definition) is 6. The molecule has 0 aromatic heterocycles. The van der Waals surface area contributed by atoms with Gasteiger partial charge in [-0.25, -0.2) is 0 Å². The first-order valence-corrected chi connectivity index (χ1v) is 25.7. The van der Waals surface area contributed by atoms with Gasteiger partial charge in [0.15, 0.2) is 6.10 Å². The first kappa shape index (κ1) is 56.4. The summed E-state index contributed by atoms with van der Waals surface area (Å²) >= 11 is 0. The van der Waals surface area contributed by atoms with Gasteiger partial charge in [-0.1, -0.05) is 247 Å². The van der Waals surface area contributed by atoms with E-state index in [2.05, 4.69) is 34.6 Å². The monoisotopic (exact) mass is 821 g/mol. The zero-order valence-electron chi connectivity index (χ0n) is 39.7. The highest BCUT2D eigenvalue weighted by Gasteiger charge is 2.19. The van der Waals surface area contributed by atoms with E-state index in [0.717, 1.165) is 76.0 Å². The van der Waals surface area contributed by atoms with Gasteiger partial charge in [-0.15, -0.1) is 0 Å². The van der Waals surface area contributed by atoms with Gasteiger partial charge in [0.05, 0.1) is 0 Å². The number of ether oxygens (including phenoxy) is 3. The highest BCUT2D eigenvalue weighted by atomic mass is 16.6. The lowest BCUT2D eigenvalue weighted by molar-refractivity contribution is -0.167. The van der Waals surface area contributed by atoms with Crippen molar-refractivity contribution in [3.8, 4) is 0 Å². The minimum Gasteiger partial charge on any atom is -0.462 e. The minimum absolute atomic E-state index is 0.0652. The van der Waals surface area contributed by atoms with Crippen molar-refractivity contribution >= 4 is 17.9 Å². The quantitative estimate of drug-likeness (QED) is 0.0346. The summed E-state index contributed by atoms with van der Waals surface area (Å²) in [5.74, 6) is 0.822. The molecule has 1 atom stereocenters. The van der Waals surface area contributed by atoms with Crippen LogP contribution in [0, 0.1) is 11.8 Å². The van der Waals surface area contributed by atoms with Crippen LogP contribution < -0.4 is 0 Å². The average Bonchev–Trinajstić information content (AvgIpc) is 3.19. The van der Waals surface area contributed by atoms with Crippen molar-refractivity contribution in [2.45, 2.75) is 291 Å². The summed E-state index contributed by atoms with van der Waals surface area (Å²) in [5, 5.41) is 0. The van der Waals surface area contributed by atoms with Crippen molar-refractivity contribution in [1.29, 1.82) is 0 Å². The average molecular weight is 821 g/mol. The molecule has 0 heterocycles. The number of hydrogen-bond donors (Lipinski definition) is 0. The lowest BCUT2D eigenvalue weighted by Gasteiger charge is -2.18. The lowest BCUT2D eigenvalue weighted by Crippen LogP contribution is -2.30. The molecule has 6 nitrogen and oxygen atoms in total. The standard InChI is InChI=1S/C52H100O6/c1-6-7-8-30-39-44-52(55)58-49(46-57-51(54)43-38-34-29-25-21-17-19-23-27-32-36-41-48(4)5)45-56-50(53)42-37-33-28-24-20-16-14-12-10-9-11-13-15-18-22-26-31-35-40-47(2)3/h47-49H,6-46H2,1-5H3/t49-/m0/s1. The Kier molecular flexibility index (Phi) is 43.7. The van der Waals surface area contributed by atoms with Gasteiger partial charge in [-0.2, -0.15) is 0 Å². The summed E-state index contributed by atoms with van der Waals surface area (Å²) in [5.41, 5.74) is 0. The van der Waals surface area contributed by atoms with Crippen molar-refractivity contribution in [3.63, 3.8) is 0 Å².